The van der Waals surface area contributed by atoms with Gasteiger partial charge in [-0.2, -0.15) is 0 Å². The first-order chi connectivity index (χ1) is 7.08. The molecule has 1 aliphatic carbocycles. The zero-order valence-electron chi connectivity index (χ0n) is 9.39. The molecule has 0 amide bonds. The first-order valence-corrected chi connectivity index (χ1v) is 5.95. The predicted molar refractivity (Wildman–Crippen MR) is 65.1 cm³/mol. The fourth-order valence-corrected chi connectivity index (χ4v) is 2.01. The molecule has 2 heteroatoms. The van der Waals surface area contributed by atoms with Gasteiger partial charge in [-0.15, -0.1) is 0 Å². The zero-order valence-corrected chi connectivity index (χ0v) is 10.1. The van der Waals surface area contributed by atoms with E-state index in [4.69, 9.17) is 11.6 Å². The highest BCUT2D eigenvalue weighted by Gasteiger charge is 2.36. The van der Waals surface area contributed by atoms with Gasteiger partial charge in [0.2, 0.25) is 0 Å². The topological polar surface area (TPSA) is 12.0 Å². The normalized spacial score (nSPS) is 16.7. The quantitative estimate of drug-likeness (QED) is 0.822. The van der Waals surface area contributed by atoms with Crippen LogP contribution in [0.5, 0.6) is 0 Å². The molecule has 1 aliphatic rings. The first-order valence-electron chi connectivity index (χ1n) is 5.57. The number of hydrogen-bond donors (Lipinski definition) is 1. The molecule has 15 heavy (non-hydrogen) atoms. The largest absolute Gasteiger partial charge is 0.307 e. The monoisotopic (exact) mass is 223 g/mol. The van der Waals surface area contributed by atoms with Gasteiger partial charge < -0.3 is 5.32 Å². The minimum absolute atomic E-state index is 0.277. The summed E-state index contributed by atoms with van der Waals surface area (Å²) in [5, 5.41) is 4.42. The van der Waals surface area contributed by atoms with Gasteiger partial charge in [0.15, 0.2) is 0 Å². The van der Waals surface area contributed by atoms with Gasteiger partial charge in [-0.05, 0) is 50.3 Å². The van der Waals surface area contributed by atoms with E-state index in [1.165, 1.54) is 18.4 Å². The lowest BCUT2D eigenvalue weighted by Gasteiger charge is -2.26. The third-order valence-corrected chi connectivity index (χ3v) is 3.51. The molecule has 0 aliphatic heterocycles. The summed E-state index contributed by atoms with van der Waals surface area (Å²) in [5.41, 5.74) is 1.58. The van der Waals surface area contributed by atoms with E-state index >= 15 is 0 Å². The Kier molecular flexibility index (Phi) is 3.03. The molecule has 1 aromatic carbocycles. The van der Waals surface area contributed by atoms with Crippen molar-refractivity contribution < 1.29 is 0 Å². The van der Waals surface area contributed by atoms with E-state index in [0.29, 0.717) is 0 Å². The molecule has 0 bridgehead atoms. The minimum atomic E-state index is 0.277. The summed E-state index contributed by atoms with van der Waals surface area (Å²) in [6.45, 7) is 5.52. The van der Waals surface area contributed by atoms with Crippen molar-refractivity contribution in [1.82, 2.24) is 5.32 Å². The molecule has 0 heterocycles. The molecule has 1 nitrogen and oxygen atoms in total. The SMILES string of the molecule is CC(C)(NCc1ccc(Cl)cc1)C1CC1. The number of halogens is 1. The van der Waals surface area contributed by atoms with Crippen molar-refractivity contribution in [2.75, 3.05) is 0 Å². The van der Waals surface area contributed by atoms with E-state index in [1.807, 2.05) is 12.1 Å². The molecule has 0 aromatic heterocycles. The van der Waals surface area contributed by atoms with E-state index < -0.39 is 0 Å². The van der Waals surface area contributed by atoms with Gasteiger partial charge in [0.1, 0.15) is 0 Å². The van der Waals surface area contributed by atoms with E-state index in [-0.39, 0.29) is 5.54 Å². The molecule has 0 spiro atoms. The molecular formula is C13H18ClN. The van der Waals surface area contributed by atoms with Crippen LogP contribution in [0.25, 0.3) is 0 Å². The number of benzene rings is 1. The molecule has 1 fully saturated rings. The number of rotatable bonds is 4. The Labute approximate surface area is 96.8 Å². The van der Waals surface area contributed by atoms with Gasteiger partial charge in [0.25, 0.3) is 0 Å². The molecule has 2 rings (SSSR count). The zero-order chi connectivity index (χ0) is 10.9. The van der Waals surface area contributed by atoms with Crippen LogP contribution in [0.15, 0.2) is 24.3 Å². The molecule has 1 aromatic rings. The Morgan fingerprint density at radius 2 is 1.87 bits per heavy atom. The second kappa shape index (κ2) is 4.15. The van der Waals surface area contributed by atoms with Crippen LogP contribution in [0.3, 0.4) is 0 Å². The van der Waals surface area contributed by atoms with Crippen LogP contribution in [0.4, 0.5) is 0 Å². The summed E-state index contributed by atoms with van der Waals surface area (Å²) in [6.07, 6.45) is 2.75. The van der Waals surface area contributed by atoms with Crippen LogP contribution in [0.1, 0.15) is 32.3 Å². The molecule has 0 saturated heterocycles. The standard InChI is InChI=1S/C13H18ClN/c1-13(2,11-5-6-11)15-9-10-3-7-12(14)8-4-10/h3-4,7-8,11,15H,5-6,9H2,1-2H3. The summed E-state index contributed by atoms with van der Waals surface area (Å²) in [6, 6.07) is 8.06. The van der Waals surface area contributed by atoms with E-state index in [0.717, 1.165) is 17.5 Å². The van der Waals surface area contributed by atoms with Gasteiger partial charge in [0.05, 0.1) is 0 Å². The van der Waals surface area contributed by atoms with E-state index in [9.17, 15) is 0 Å². The lowest BCUT2D eigenvalue weighted by atomic mass is 9.98. The summed E-state index contributed by atoms with van der Waals surface area (Å²) in [4.78, 5) is 0. The van der Waals surface area contributed by atoms with Crippen LogP contribution in [-0.2, 0) is 6.54 Å². The molecular weight excluding hydrogens is 206 g/mol. The highest BCUT2D eigenvalue weighted by molar-refractivity contribution is 6.30. The van der Waals surface area contributed by atoms with Crippen molar-refractivity contribution in [2.24, 2.45) is 5.92 Å². The van der Waals surface area contributed by atoms with Crippen LogP contribution in [-0.4, -0.2) is 5.54 Å². The Bertz CT molecular complexity index is 325. The minimum Gasteiger partial charge on any atom is -0.307 e. The highest BCUT2D eigenvalue weighted by atomic mass is 35.5. The van der Waals surface area contributed by atoms with Crippen LogP contribution in [0, 0.1) is 5.92 Å². The van der Waals surface area contributed by atoms with Crippen molar-refractivity contribution in [3.63, 3.8) is 0 Å². The van der Waals surface area contributed by atoms with Gasteiger partial charge in [-0.25, -0.2) is 0 Å². The summed E-state index contributed by atoms with van der Waals surface area (Å²) < 4.78 is 0. The lowest BCUT2D eigenvalue weighted by molar-refractivity contribution is 0.339. The van der Waals surface area contributed by atoms with Gasteiger partial charge in [-0.3, -0.25) is 0 Å². The maximum Gasteiger partial charge on any atom is 0.0406 e. The maximum atomic E-state index is 5.84. The van der Waals surface area contributed by atoms with Crippen molar-refractivity contribution >= 4 is 11.6 Å². The third kappa shape index (κ3) is 2.96. The summed E-state index contributed by atoms with van der Waals surface area (Å²) in [5.74, 6) is 0.866. The molecule has 1 N–H and O–H groups in total. The Morgan fingerprint density at radius 1 is 1.27 bits per heavy atom. The molecule has 0 atom stereocenters. The van der Waals surface area contributed by atoms with Gasteiger partial charge in [-0.1, -0.05) is 23.7 Å². The van der Waals surface area contributed by atoms with Crippen molar-refractivity contribution in [3.05, 3.63) is 34.9 Å². The van der Waals surface area contributed by atoms with Gasteiger partial charge >= 0.3 is 0 Å². The Hall–Kier alpha value is -0.530. The number of hydrogen-bond acceptors (Lipinski definition) is 1. The second-order valence-electron chi connectivity index (χ2n) is 4.98. The Morgan fingerprint density at radius 3 is 2.40 bits per heavy atom. The van der Waals surface area contributed by atoms with Crippen LogP contribution < -0.4 is 5.32 Å². The van der Waals surface area contributed by atoms with Crippen LogP contribution in [0.2, 0.25) is 5.02 Å². The highest BCUT2D eigenvalue weighted by Crippen LogP contribution is 2.39. The van der Waals surface area contributed by atoms with Crippen molar-refractivity contribution in [3.8, 4) is 0 Å². The Balaban J connectivity index is 1.89. The van der Waals surface area contributed by atoms with E-state index in [2.05, 4.69) is 31.3 Å². The smallest absolute Gasteiger partial charge is 0.0406 e. The molecule has 0 radical (unpaired) electrons. The average molecular weight is 224 g/mol. The predicted octanol–water partition coefficient (Wildman–Crippen LogP) is 3.62. The molecule has 82 valence electrons. The summed E-state index contributed by atoms with van der Waals surface area (Å²) >= 11 is 5.84. The van der Waals surface area contributed by atoms with Crippen molar-refractivity contribution in [1.29, 1.82) is 0 Å². The first kappa shape index (κ1) is 11.0. The van der Waals surface area contributed by atoms with Crippen LogP contribution >= 0.6 is 11.6 Å². The maximum absolute atomic E-state index is 5.84. The number of nitrogens with one attached hydrogen (secondary N) is 1. The molecule has 0 unspecified atom stereocenters. The molecule has 1 saturated carbocycles. The fraction of sp³-hybridized carbons (Fsp3) is 0.538. The van der Waals surface area contributed by atoms with Crippen molar-refractivity contribution in [2.45, 2.75) is 38.8 Å². The second-order valence-corrected chi connectivity index (χ2v) is 5.41. The third-order valence-electron chi connectivity index (χ3n) is 3.26. The average Bonchev–Trinajstić information content (AvgIpc) is 3.00. The lowest BCUT2D eigenvalue weighted by Crippen LogP contribution is -2.40. The fourth-order valence-electron chi connectivity index (χ4n) is 1.88. The van der Waals surface area contributed by atoms with Gasteiger partial charge in [0, 0.05) is 17.1 Å². The summed E-state index contributed by atoms with van der Waals surface area (Å²) in [7, 11) is 0. The van der Waals surface area contributed by atoms with E-state index in [1.54, 1.807) is 0 Å².